The van der Waals surface area contributed by atoms with Crippen molar-refractivity contribution in [1.29, 1.82) is 0 Å². The molecule has 12 nitrogen and oxygen atoms in total. The molecule has 3 aromatic heterocycles. The van der Waals surface area contributed by atoms with Gasteiger partial charge in [-0.05, 0) is 90.7 Å². The van der Waals surface area contributed by atoms with Crippen molar-refractivity contribution in [2.45, 2.75) is 26.1 Å². The highest BCUT2D eigenvalue weighted by atomic mass is 35.5. The van der Waals surface area contributed by atoms with Crippen LogP contribution in [0, 0.1) is 12.7 Å². The molecule has 8 rings (SSSR count). The maximum atomic E-state index is 14.5. The number of aliphatic carboxylic acids is 1. The van der Waals surface area contributed by atoms with Gasteiger partial charge in [0.15, 0.2) is 5.82 Å². The summed E-state index contributed by atoms with van der Waals surface area (Å²) in [6.45, 7) is 7.14. The molecule has 1 fully saturated rings. The van der Waals surface area contributed by atoms with E-state index >= 15 is 0 Å². The Morgan fingerprint density at radius 3 is 2.48 bits per heavy atom. The Labute approximate surface area is 377 Å². The quantitative estimate of drug-likeness (QED) is 0.0991. The molecule has 16 heteroatoms. The molecule has 4 aromatic carbocycles. The summed E-state index contributed by atoms with van der Waals surface area (Å²) in [4.78, 5) is 31.6. The predicted octanol–water partition coefficient (Wildman–Crippen LogP) is 9.53. The molecule has 0 radical (unpaired) electrons. The second-order valence-corrected chi connectivity index (χ2v) is 16.6. The molecule has 4 heterocycles. The highest BCUT2D eigenvalue weighted by Gasteiger charge is 2.28. The van der Waals surface area contributed by atoms with Crippen LogP contribution in [0.5, 0.6) is 23.1 Å². The zero-order chi connectivity index (χ0) is 44.0. The highest BCUT2D eigenvalue weighted by molar-refractivity contribution is 7.13. The molecular weight excluding hydrogens is 867 g/mol. The molecule has 0 amide bonds. The first-order valence-electron chi connectivity index (χ1n) is 20.2. The maximum Gasteiger partial charge on any atom is 0.345 e. The van der Waals surface area contributed by atoms with Crippen LogP contribution >= 0.6 is 34.7 Å². The van der Waals surface area contributed by atoms with Crippen LogP contribution in [-0.4, -0.2) is 99.8 Å². The Kier molecular flexibility index (Phi) is 13.6. The van der Waals surface area contributed by atoms with E-state index in [4.69, 9.17) is 52.1 Å². The van der Waals surface area contributed by atoms with Crippen molar-refractivity contribution in [3.8, 4) is 56.9 Å². The number of fused-ring (bicyclic) bond motifs is 1. The minimum absolute atomic E-state index is 0.0629. The third-order valence-corrected chi connectivity index (χ3v) is 12.4. The van der Waals surface area contributed by atoms with Crippen molar-refractivity contribution in [3.05, 3.63) is 130 Å². The van der Waals surface area contributed by atoms with E-state index in [2.05, 4.69) is 26.2 Å². The number of hydrogen-bond donors (Lipinski definition) is 1. The fourth-order valence-corrected chi connectivity index (χ4v) is 8.53. The monoisotopic (exact) mass is 908 g/mol. The number of benzene rings is 4. The van der Waals surface area contributed by atoms with E-state index < -0.39 is 17.9 Å². The number of nitrogens with zero attached hydrogens (tertiary/aromatic N) is 6. The van der Waals surface area contributed by atoms with Crippen molar-refractivity contribution in [2.24, 2.45) is 0 Å². The number of carboxylic acid groups (broad SMARTS) is 1. The molecule has 324 valence electrons. The van der Waals surface area contributed by atoms with Gasteiger partial charge in [-0.15, -0.1) is 0 Å². The number of carbonyl (C=O) groups is 1. The smallest absolute Gasteiger partial charge is 0.345 e. The van der Waals surface area contributed by atoms with E-state index in [1.807, 2.05) is 49.4 Å². The van der Waals surface area contributed by atoms with Gasteiger partial charge in [-0.25, -0.2) is 19.2 Å². The number of methoxy groups -OCH3 is 1. The van der Waals surface area contributed by atoms with E-state index in [9.17, 15) is 14.3 Å². The SMILES string of the molecule is COc1ccccc1-c1nccc(COc2ccccc2CC(Oc2nsc3cnc(-c4ccc(F)c(Cl)c4)c(-c4ccc(OCCN5CCN(C)CC5)c(Cl)c4C)c23)C(=O)O)n1. The molecule has 0 aliphatic carbocycles. The van der Waals surface area contributed by atoms with Gasteiger partial charge in [-0.2, -0.15) is 4.37 Å². The Morgan fingerprint density at radius 1 is 0.921 bits per heavy atom. The summed E-state index contributed by atoms with van der Waals surface area (Å²) in [5.41, 5.74) is 4.84. The molecule has 0 saturated carbocycles. The molecule has 7 aromatic rings. The molecule has 1 atom stereocenters. The van der Waals surface area contributed by atoms with Crippen molar-refractivity contribution in [1.82, 2.24) is 29.1 Å². The number of pyridine rings is 1. The Hall–Kier alpha value is -5.90. The van der Waals surface area contributed by atoms with Gasteiger partial charge in [0.05, 0.1) is 44.2 Å². The van der Waals surface area contributed by atoms with E-state index in [-0.39, 0.29) is 23.9 Å². The molecule has 63 heavy (non-hydrogen) atoms. The second kappa shape index (κ2) is 19.7. The lowest BCUT2D eigenvalue weighted by molar-refractivity contribution is -0.145. The van der Waals surface area contributed by atoms with Gasteiger partial charge < -0.3 is 29.0 Å². The number of para-hydroxylation sites is 2. The molecule has 0 bridgehead atoms. The van der Waals surface area contributed by atoms with E-state index in [1.165, 1.54) is 12.1 Å². The minimum Gasteiger partial charge on any atom is -0.496 e. The normalized spacial score (nSPS) is 13.8. The maximum absolute atomic E-state index is 14.5. The van der Waals surface area contributed by atoms with Gasteiger partial charge in [0.25, 0.3) is 0 Å². The molecule has 0 spiro atoms. The van der Waals surface area contributed by atoms with Gasteiger partial charge in [0.1, 0.15) is 36.3 Å². The second-order valence-electron chi connectivity index (χ2n) is 15.0. The van der Waals surface area contributed by atoms with Crippen LogP contribution in [0.25, 0.3) is 43.9 Å². The summed E-state index contributed by atoms with van der Waals surface area (Å²) >= 11 is 14.5. The van der Waals surface area contributed by atoms with Gasteiger partial charge in [0.2, 0.25) is 12.0 Å². The van der Waals surface area contributed by atoms with Crippen molar-refractivity contribution < 1.29 is 33.2 Å². The van der Waals surface area contributed by atoms with Crippen LogP contribution in [-0.2, 0) is 17.8 Å². The molecule has 1 aliphatic heterocycles. The minimum atomic E-state index is -1.39. The number of carboxylic acids is 1. The zero-order valence-electron chi connectivity index (χ0n) is 34.7. The molecular formula is C47H43Cl2FN6O6S. The summed E-state index contributed by atoms with van der Waals surface area (Å²) in [6, 6.07) is 24.5. The number of aromatic nitrogens is 4. The van der Waals surface area contributed by atoms with Gasteiger partial charge >= 0.3 is 5.97 Å². The van der Waals surface area contributed by atoms with Crippen LogP contribution in [0.3, 0.4) is 0 Å². The van der Waals surface area contributed by atoms with Gasteiger partial charge in [-0.3, -0.25) is 9.88 Å². The first-order valence-corrected chi connectivity index (χ1v) is 21.7. The van der Waals surface area contributed by atoms with Crippen LogP contribution < -0.4 is 18.9 Å². The largest absolute Gasteiger partial charge is 0.496 e. The average molecular weight is 910 g/mol. The zero-order valence-corrected chi connectivity index (χ0v) is 37.0. The predicted molar refractivity (Wildman–Crippen MR) is 243 cm³/mol. The third kappa shape index (κ3) is 9.85. The first-order chi connectivity index (χ1) is 30.6. The number of rotatable bonds is 16. The lowest BCUT2D eigenvalue weighted by atomic mass is 9.93. The van der Waals surface area contributed by atoms with Crippen molar-refractivity contribution in [2.75, 3.05) is 53.5 Å². The lowest BCUT2D eigenvalue weighted by Crippen LogP contribution is -2.45. The van der Waals surface area contributed by atoms with E-state index in [0.717, 1.165) is 49.8 Å². The van der Waals surface area contributed by atoms with Crippen molar-refractivity contribution >= 4 is 50.8 Å². The topological polar surface area (TPSA) is 132 Å². The molecule has 1 N–H and O–H groups in total. The van der Waals surface area contributed by atoms with Crippen LogP contribution in [0.4, 0.5) is 4.39 Å². The first kappa shape index (κ1) is 43.7. The number of halogens is 3. The van der Waals surface area contributed by atoms with E-state index in [0.29, 0.717) is 84.0 Å². The summed E-state index contributed by atoms with van der Waals surface area (Å²) in [6.07, 6.45) is 1.84. The van der Waals surface area contributed by atoms with E-state index in [1.54, 1.807) is 49.8 Å². The Bertz CT molecular complexity index is 2770. The third-order valence-electron chi connectivity index (χ3n) is 10.9. The molecule has 1 saturated heterocycles. The number of likely N-dealkylation sites (N-methyl/N-ethyl adjacent to an activating group) is 1. The van der Waals surface area contributed by atoms with Crippen LogP contribution in [0.1, 0.15) is 16.8 Å². The molecule has 1 aliphatic rings. The summed E-state index contributed by atoms with van der Waals surface area (Å²) in [5, 5.41) is 11.5. The fraction of sp³-hybridized carbons (Fsp3) is 0.255. The number of ether oxygens (including phenoxy) is 4. The highest BCUT2D eigenvalue weighted by Crippen LogP contribution is 2.46. The lowest BCUT2D eigenvalue weighted by Gasteiger charge is -2.32. The Balaban J connectivity index is 1.09. The van der Waals surface area contributed by atoms with Crippen LogP contribution in [0.2, 0.25) is 10.0 Å². The van der Waals surface area contributed by atoms with Crippen molar-refractivity contribution in [3.63, 3.8) is 0 Å². The Morgan fingerprint density at radius 2 is 1.70 bits per heavy atom. The fourth-order valence-electron chi connectivity index (χ4n) is 7.43. The average Bonchev–Trinajstić information content (AvgIpc) is 3.71. The number of hydrogen-bond acceptors (Lipinski definition) is 12. The molecule has 1 unspecified atom stereocenters. The summed E-state index contributed by atoms with van der Waals surface area (Å²) in [7, 11) is 3.71. The standard InChI is InChI=1S/C47H43Cl2FN6O6S/c1-28-32(13-15-38(43(28)49)60-23-22-56-20-18-55(2)19-21-56)41-42-40(26-52-44(41)30-12-14-35(50)34(48)24-30)63-54-46(42)62-39(47(57)58)25-29-8-4-6-10-36(29)61-27-31-16-17-51-45(53-31)33-9-5-7-11-37(33)59-3/h4-17,24,26,39H,18-23,25,27H2,1-3H3,(H,57,58). The summed E-state index contributed by atoms with van der Waals surface area (Å²) < 4.78 is 44.1. The van der Waals surface area contributed by atoms with Gasteiger partial charge in [-0.1, -0.05) is 59.6 Å². The van der Waals surface area contributed by atoms with Gasteiger partial charge in [0, 0.05) is 62.7 Å². The summed E-state index contributed by atoms with van der Waals surface area (Å²) in [5.74, 6) is 0.413. The number of piperazine rings is 1. The van der Waals surface area contributed by atoms with Crippen LogP contribution in [0.15, 0.2) is 97.3 Å².